The average Bonchev–Trinajstić information content (AvgIpc) is 3.20. The van der Waals surface area contributed by atoms with Crippen LogP contribution >= 0.6 is 11.8 Å². The summed E-state index contributed by atoms with van der Waals surface area (Å²) < 4.78 is 13.6. The SMILES string of the molecule is CCNC(CSc1ccccc1F)(C(N)=O)C1CC1. The Morgan fingerprint density at radius 3 is 2.74 bits per heavy atom. The molecule has 3 nitrogen and oxygen atoms in total. The van der Waals surface area contributed by atoms with Crippen molar-refractivity contribution in [2.24, 2.45) is 11.7 Å². The van der Waals surface area contributed by atoms with Gasteiger partial charge in [0.15, 0.2) is 0 Å². The van der Waals surface area contributed by atoms with Gasteiger partial charge in [0.25, 0.3) is 0 Å². The molecule has 1 fully saturated rings. The molecule has 104 valence electrons. The molecule has 1 aromatic rings. The van der Waals surface area contributed by atoms with Crippen LogP contribution in [0.2, 0.25) is 0 Å². The number of hydrogen-bond donors (Lipinski definition) is 2. The Kier molecular flexibility index (Phi) is 4.47. The van der Waals surface area contributed by atoms with Crippen LogP contribution in [0.4, 0.5) is 4.39 Å². The number of thioether (sulfide) groups is 1. The predicted octanol–water partition coefficient (Wildman–Crippen LogP) is 2.16. The molecule has 0 radical (unpaired) electrons. The molecule has 5 heteroatoms. The van der Waals surface area contributed by atoms with E-state index in [1.165, 1.54) is 17.8 Å². The minimum atomic E-state index is -0.707. The summed E-state index contributed by atoms with van der Waals surface area (Å²) in [6.45, 7) is 2.63. The van der Waals surface area contributed by atoms with E-state index in [1.807, 2.05) is 6.92 Å². The summed E-state index contributed by atoms with van der Waals surface area (Å²) in [6.07, 6.45) is 2.02. The van der Waals surface area contributed by atoms with Crippen LogP contribution in [-0.4, -0.2) is 23.7 Å². The third kappa shape index (κ3) is 3.09. The van der Waals surface area contributed by atoms with E-state index in [0.717, 1.165) is 12.8 Å². The molecule has 0 aliphatic heterocycles. The zero-order chi connectivity index (χ0) is 13.9. The van der Waals surface area contributed by atoms with Crippen molar-refractivity contribution in [3.63, 3.8) is 0 Å². The molecular formula is C14H19FN2OS. The van der Waals surface area contributed by atoms with E-state index in [9.17, 15) is 9.18 Å². The number of benzene rings is 1. The number of rotatable bonds is 7. The van der Waals surface area contributed by atoms with E-state index < -0.39 is 5.54 Å². The second kappa shape index (κ2) is 5.92. The highest BCUT2D eigenvalue weighted by atomic mass is 32.2. The summed E-state index contributed by atoms with van der Waals surface area (Å²) in [5.41, 5.74) is 4.89. The fourth-order valence-corrected chi connectivity index (χ4v) is 3.56. The first-order chi connectivity index (χ1) is 9.10. The molecule has 3 N–H and O–H groups in total. The lowest BCUT2D eigenvalue weighted by Crippen LogP contribution is -2.59. The van der Waals surface area contributed by atoms with Gasteiger partial charge >= 0.3 is 0 Å². The van der Waals surface area contributed by atoms with Crippen molar-refractivity contribution < 1.29 is 9.18 Å². The number of carbonyl (C=O) groups is 1. The predicted molar refractivity (Wildman–Crippen MR) is 75.5 cm³/mol. The topological polar surface area (TPSA) is 55.1 Å². The quantitative estimate of drug-likeness (QED) is 0.754. The van der Waals surface area contributed by atoms with Gasteiger partial charge in [0, 0.05) is 10.6 Å². The highest BCUT2D eigenvalue weighted by molar-refractivity contribution is 7.99. The minimum Gasteiger partial charge on any atom is -0.368 e. The first-order valence-corrected chi connectivity index (χ1v) is 7.51. The van der Waals surface area contributed by atoms with Crippen LogP contribution in [-0.2, 0) is 4.79 Å². The molecule has 0 bridgehead atoms. The number of nitrogens with two attached hydrogens (primary N) is 1. The van der Waals surface area contributed by atoms with Gasteiger partial charge in [0.05, 0.1) is 0 Å². The van der Waals surface area contributed by atoms with Crippen molar-refractivity contribution in [1.82, 2.24) is 5.32 Å². The van der Waals surface area contributed by atoms with Crippen LogP contribution in [0.3, 0.4) is 0 Å². The lowest BCUT2D eigenvalue weighted by molar-refractivity contribution is -0.124. The summed E-state index contributed by atoms with van der Waals surface area (Å²) in [5.74, 6) is 0.171. The van der Waals surface area contributed by atoms with Crippen molar-refractivity contribution in [2.75, 3.05) is 12.3 Å². The molecule has 0 saturated heterocycles. The lowest BCUT2D eigenvalue weighted by atomic mass is 9.94. The monoisotopic (exact) mass is 282 g/mol. The molecular weight excluding hydrogens is 263 g/mol. The summed E-state index contributed by atoms with van der Waals surface area (Å²) in [7, 11) is 0. The van der Waals surface area contributed by atoms with Crippen molar-refractivity contribution in [3.8, 4) is 0 Å². The maximum Gasteiger partial charge on any atom is 0.238 e. The normalized spacial score (nSPS) is 18.0. The molecule has 19 heavy (non-hydrogen) atoms. The highest BCUT2D eigenvalue weighted by Crippen LogP contribution is 2.42. The number of amides is 1. The van der Waals surface area contributed by atoms with Gasteiger partial charge in [0.1, 0.15) is 11.4 Å². The van der Waals surface area contributed by atoms with E-state index in [0.29, 0.717) is 17.2 Å². The molecule has 1 aliphatic carbocycles. The number of primary amides is 1. The molecule has 1 saturated carbocycles. The molecule has 1 unspecified atom stereocenters. The number of likely N-dealkylation sites (N-methyl/N-ethyl adjacent to an activating group) is 1. The zero-order valence-corrected chi connectivity index (χ0v) is 11.8. The van der Waals surface area contributed by atoms with E-state index >= 15 is 0 Å². The fourth-order valence-electron chi connectivity index (χ4n) is 2.32. The van der Waals surface area contributed by atoms with Crippen molar-refractivity contribution in [2.45, 2.75) is 30.2 Å². The maximum absolute atomic E-state index is 13.6. The smallest absolute Gasteiger partial charge is 0.238 e. The second-order valence-electron chi connectivity index (χ2n) is 4.86. The van der Waals surface area contributed by atoms with Gasteiger partial charge in [0.2, 0.25) is 5.91 Å². The lowest BCUT2D eigenvalue weighted by Gasteiger charge is -2.31. The first-order valence-electron chi connectivity index (χ1n) is 6.52. The fraction of sp³-hybridized carbons (Fsp3) is 0.500. The number of hydrogen-bond acceptors (Lipinski definition) is 3. The van der Waals surface area contributed by atoms with E-state index in [4.69, 9.17) is 5.73 Å². The molecule has 0 spiro atoms. The van der Waals surface area contributed by atoms with Crippen LogP contribution in [0.5, 0.6) is 0 Å². The van der Waals surface area contributed by atoms with Gasteiger partial charge in [-0.25, -0.2) is 4.39 Å². The Morgan fingerprint density at radius 1 is 1.53 bits per heavy atom. The minimum absolute atomic E-state index is 0.252. The Bertz CT molecular complexity index is 465. The Hall–Kier alpha value is -1.07. The second-order valence-corrected chi connectivity index (χ2v) is 5.88. The molecule has 1 amide bonds. The first kappa shape index (κ1) is 14.3. The molecule has 1 aliphatic rings. The third-order valence-corrected chi connectivity index (χ3v) is 4.74. The van der Waals surface area contributed by atoms with Gasteiger partial charge < -0.3 is 11.1 Å². The standard InChI is InChI=1S/C14H19FN2OS/c1-2-17-14(13(16)18,10-7-8-10)9-19-12-6-4-3-5-11(12)15/h3-6,10,17H,2,7-9H2,1H3,(H2,16,18). The van der Waals surface area contributed by atoms with Gasteiger partial charge in [-0.1, -0.05) is 19.1 Å². The zero-order valence-electron chi connectivity index (χ0n) is 11.0. The van der Waals surface area contributed by atoms with Gasteiger partial charge in [-0.2, -0.15) is 0 Å². The van der Waals surface area contributed by atoms with Crippen molar-refractivity contribution in [3.05, 3.63) is 30.1 Å². The maximum atomic E-state index is 13.6. The van der Waals surface area contributed by atoms with Gasteiger partial charge in [-0.15, -0.1) is 11.8 Å². The highest BCUT2D eigenvalue weighted by Gasteiger charge is 2.49. The summed E-state index contributed by atoms with van der Waals surface area (Å²) >= 11 is 1.35. The van der Waals surface area contributed by atoms with Crippen LogP contribution in [0, 0.1) is 11.7 Å². The van der Waals surface area contributed by atoms with Crippen LogP contribution in [0.1, 0.15) is 19.8 Å². The van der Waals surface area contributed by atoms with Gasteiger partial charge in [-0.3, -0.25) is 4.79 Å². The third-order valence-electron chi connectivity index (χ3n) is 3.50. The Balaban J connectivity index is 2.12. The number of nitrogens with one attached hydrogen (secondary N) is 1. The number of halogens is 1. The number of carbonyl (C=O) groups excluding carboxylic acids is 1. The van der Waals surface area contributed by atoms with Gasteiger partial charge in [-0.05, 0) is 37.4 Å². The summed E-state index contributed by atoms with van der Waals surface area (Å²) in [4.78, 5) is 12.4. The van der Waals surface area contributed by atoms with Crippen LogP contribution in [0.25, 0.3) is 0 Å². The summed E-state index contributed by atoms with van der Waals surface area (Å²) in [5, 5.41) is 3.23. The molecule has 0 aromatic heterocycles. The van der Waals surface area contributed by atoms with E-state index in [2.05, 4.69) is 5.32 Å². The molecule has 0 heterocycles. The largest absolute Gasteiger partial charge is 0.368 e. The Labute approximate surface area is 117 Å². The van der Waals surface area contributed by atoms with Crippen LogP contribution in [0.15, 0.2) is 29.2 Å². The van der Waals surface area contributed by atoms with E-state index in [1.54, 1.807) is 18.2 Å². The van der Waals surface area contributed by atoms with Crippen molar-refractivity contribution >= 4 is 17.7 Å². The van der Waals surface area contributed by atoms with Crippen molar-refractivity contribution in [1.29, 1.82) is 0 Å². The molecule has 2 rings (SSSR count). The molecule has 1 atom stereocenters. The van der Waals surface area contributed by atoms with E-state index in [-0.39, 0.29) is 17.6 Å². The molecule has 1 aromatic carbocycles. The Morgan fingerprint density at radius 2 is 2.21 bits per heavy atom. The summed E-state index contributed by atoms with van der Waals surface area (Å²) in [6, 6.07) is 6.61. The average molecular weight is 282 g/mol. The van der Waals surface area contributed by atoms with Crippen LogP contribution < -0.4 is 11.1 Å².